The van der Waals surface area contributed by atoms with Crippen LogP contribution in [0.5, 0.6) is 17.5 Å². The standard InChI is InChI=1S/C21H24N4O5/c1-28-16-5-3-4-15(11-16)25-12-14(10-20(25)26)21(27)24-9-8-17(13-24)30-19-7-6-18(29-2)22-23-19/h3-7,11,14,17H,8-10,12-13H2,1-2H3. The molecule has 2 saturated heterocycles. The molecule has 2 unspecified atom stereocenters. The minimum Gasteiger partial charge on any atom is -0.497 e. The number of carbonyl (C=O) groups excluding carboxylic acids is 2. The van der Waals surface area contributed by atoms with E-state index in [4.69, 9.17) is 14.2 Å². The first-order valence-corrected chi connectivity index (χ1v) is 9.85. The van der Waals surface area contributed by atoms with E-state index in [-0.39, 0.29) is 30.3 Å². The topological polar surface area (TPSA) is 94.1 Å². The van der Waals surface area contributed by atoms with Crippen molar-refractivity contribution in [1.29, 1.82) is 0 Å². The van der Waals surface area contributed by atoms with Crippen molar-refractivity contribution in [1.82, 2.24) is 15.1 Å². The van der Waals surface area contributed by atoms with Gasteiger partial charge in [-0.3, -0.25) is 9.59 Å². The number of nitrogens with zero attached hydrogens (tertiary/aromatic N) is 4. The van der Waals surface area contributed by atoms with Crippen molar-refractivity contribution in [3.05, 3.63) is 36.4 Å². The quantitative estimate of drug-likeness (QED) is 0.710. The van der Waals surface area contributed by atoms with Crippen molar-refractivity contribution in [2.45, 2.75) is 18.9 Å². The molecule has 0 aliphatic carbocycles. The predicted molar refractivity (Wildman–Crippen MR) is 108 cm³/mol. The summed E-state index contributed by atoms with van der Waals surface area (Å²) in [5.74, 6) is 1.06. The minimum absolute atomic E-state index is 0.0133. The second kappa shape index (κ2) is 8.56. The number of amides is 2. The molecule has 0 saturated carbocycles. The molecule has 2 fully saturated rings. The van der Waals surface area contributed by atoms with Gasteiger partial charge >= 0.3 is 0 Å². The zero-order valence-electron chi connectivity index (χ0n) is 17.0. The highest BCUT2D eigenvalue weighted by molar-refractivity contribution is 6.00. The van der Waals surface area contributed by atoms with Crippen LogP contribution in [-0.4, -0.2) is 66.9 Å². The average Bonchev–Trinajstić information content (AvgIpc) is 3.40. The molecular weight excluding hydrogens is 388 g/mol. The molecule has 0 bridgehead atoms. The molecule has 2 amide bonds. The summed E-state index contributed by atoms with van der Waals surface area (Å²) >= 11 is 0. The molecule has 30 heavy (non-hydrogen) atoms. The number of methoxy groups -OCH3 is 2. The van der Waals surface area contributed by atoms with Gasteiger partial charge in [-0.25, -0.2) is 0 Å². The molecule has 0 radical (unpaired) electrons. The van der Waals surface area contributed by atoms with Crippen LogP contribution in [0, 0.1) is 5.92 Å². The third-order valence-corrected chi connectivity index (χ3v) is 5.41. The fourth-order valence-electron chi connectivity index (χ4n) is 3.83. The largest absolute Gasteiger partial charge is 0.497 e. The Morgan fingerprint density at radius 3 is 2.60 bits per heavy atom. The Morgan fingerprint density at radius 2 is 1.87 bits per heavy atom. The van der Waals surface area contributed by atoms with E-state index >= 15 is 0 Å². The summed E-state index contributed by atoms with van der Waals surface area (Å²) in [5.41, 5.74) is 0.746. The molecule has 0 spiro atoms. The molecular formula is C21H24N4O5. The Bertz CT molecular complexity index is 920. The molecule has 1 aromatic carbocycles. The predicted octanol–water partition coefficient (Wildman–Crippen LogP) is 1.53. The number of anilines is 1. The number of carbonyl (C=O) groups is 2. The highest BCUT2D eigenvalue weighted by atomic mass is 16.5. The third kappa shape index (κ3) is 4.14. The lowest BCUT2D eigenvalue weighted by Gasteiger charge is -2.21. The molecule has 9 heteroatoms. The van der Waals surface area contributed by atoms with E-state index in [1.165, 1.54) is 7.11 Å². The fourth-order valence-corrected chi connectivity index (χ4v) is 3.83. The van der Waals surface area contributed by atoms with Crippen LogP contribution in [0.1, 0.15) is 12.8 Å². The van der Waals surface area contributed by atoms with Gasteiger partial charge in [-0.05, 0) is 12.1 Å². The van der Waals surface area contributed by atoms with E-state index in [0.717, 1.165) is 5.69 Å². The van der Waals surface area contributed by atoms with E-state index in [9.17, 15) is 9.59 Å². The van der Waals surface area contributed by atoms with Crippen LogP contribution in [0.25, 0.3) is 0 Å². The zero-order chi connectivity index (χ0) is 21.1. The van der Waals surface area contributed by atoms with E-state index < -0.39 is 0 Å². The SMILES string of the molecule is COc1cccc(N2CC(C(=O)N3CCC(Oc4ccc(OC)nn4)C3)CC2=O)c1. The van der Waals surface area contributed by atoms with Gasteiger partial charge in [0, 0.05) is 49.8 Å². The summed E-state index contributed by atoms with van der Waals surface area (Å²) in [6.45, 7) is 1.43. The van der Waals surface area contributed by atoms with Crippen LogP contribution in [-0.2, 0) is 9.59 Å². The van der Waals surface area contributed by atoms with Gasteiger partial charge in [-0.15, -0.1) is 10.2 Å². The second-order valence-corrected chi connectivity index (χ2v) is 7.33. The normalized spacial score (nSPS) is 21.1. The first-order chi connectivity index (χ1) is 14.6. The number of ether oxygens (including phenoxy) is 3. The Labute approximate surface area is 174 Å². The Hall–Kier alpha value is -3.36. The second-order valence-electron chi connectivity index (χ2n) is 7.33. The van der Waals surface area contributed by atoms with Crippen LogP contribution in [0.4, 0.5) is 5.69 Å². The molecule has 158 valence electrons. The highest BCUT2D eigenvalue weighted by Crippen LogP contribution is 2.29. The van der Waals surface area contributed by atoms with Gasteiger partial charge in [0.1, 0.15) is 11.9 Å². The first kappa shape index (κ1) is 19.9. The molecule has 2 atom stereocenters. The summed E-state index contributed by atoms with van der Waals surface area (Å²) in [6, 6.07) is 10.7. The summed E-state index contributed by atoms with van der Waals surface area (Å²) in [4.78, 5) is 29.0. The lowest BCUT2D eigenvalue weighted by Crippen LogP contribution is -2.37. The van der Waals surface area contributed by atoms with Crippen molar-refractivity contribution in [2.75, 3.05) is 38.8 Å². The van der Waals surface area contributed by atoms with Gasteiger partial charge in [0.15, 0.2) is 0 Å². The number of aromatic nitrogens is 2. The van der Waals surface area contributed by atoms with Crippen LogP contribution in [0.3, 0.4) is 0 Å². The van der Waals surface area contributed by atoms with Gasteiger partial charge in [-0.2, -0.15) is 0 Å². The number of hydrogen-bond acceptors (Lipinski definition) is 7. The maximum absolute atomic E-state index is 13.0. The lowest BCUT2D eigenvalue weighted by molar-refractivity contribution is -0.135. The lowest BCUT2D eigenvalue weighted by atomic mass is 10.1. The summed E-state index contributed by atoms with van der Waals surface area (Å²) < 4.78 is 16.1. The van der Waals surface area contributed by atoms with E-state index in [1.807, 2.05) is 18.2 Å². The third-order valence-electron chi connectivity index (χ3n) is 5.41. The Kier molecular flexibility index (Phi) is 5.69. The monoisotopic (exact) mass is 412 g/mol. The van der Waals surface area contributed by atoms with Gasteiger partial charge in [0.05, 0.1) is 26.7 Å². The maximum atomic E-state index is 13.0. The summed E-state index contributed by atoms with van der Waals surface area (Å²) in [6.07, 6.45) is 0.769. The van der Waals surface area contributed by atoms with E-state index in [2.05, 4.69) is 10.2 Å². The van der Waals surface area contributed by atoms with Crippen LogP contribution in [0.2, 0.25) is 0 Å². The van der Waals surface area contributed by atoms with Crippen molar-refractivity contribution in [3.63, 3.8) is 0 Å². The molecule has 2 aliphatic heterocycles. The average molecular weight is 412 g/mol. The van der Waals surface area contributed by atoms with E-state index in [1.54, 1.807) is 35.1 Å². The van der Waals surface area contributed by atoms with Gasteiger partial charge in [-0.1, -0.05) is 6.07 Å². The molecule has 1 aromatic heterocycles. The number of benzene rings is 1. The molecule has 3 heterocycles. The highest BCUT2D eigenvalue weighted by Gasteiger charge is 2.39. The van der Waals surface area contributed by atoms with Crippen LogP contribution >= 0.6 is 0 Å². The molecule has 0 N–H and O–H groups in total. The first-order valence-electron chi connectivity index (χ1n) is 9.85. The van der Waals surface area contributed by atoms with Crippen LogP contribution in [0.15, 0.2) is 36.4 Å². The summed E-state index contributed by atoms with van der Waals surface area (Å²) in [5, 5.41) is 7.85. The van der Waals surface area contributed by atoms with Gasteiger partial charge in [0.25, 0.3) is 0 Å². The smallest absolute Gasteiger partial charge is 0.233 e. The number of likely N-dealkylation sites (tertiary alicyclic amines) is 1. The number of hydrogen-bond donors (Lipinski definition) is 0. The molecule has 9 nitrogen and oxygen atoms in total. The zero-order valence-corrected chi connectivity index (χ0v) is 17.0. The van der Waals surface area contributed by atoms with Crippen molar-refractivity contribution in [3.8, 4) is 17.5 Å². The van der Waals surface area contributed by atoms with Crippen LogP contribution < -0.4 is 19.1 Å². The van der Waals surface area contributed by atoms with Gasteiger partial charge in [0.2, 0.25) is 23.6 Å². The maximum Gasteiger partial charge on any atom is 0.233 e. The van der Waals surface area contributed by atoms with Crippen molar-refractivity contribution < 1.29 is 23.8 Å². The van der Waals surface area contributed by atoms with Crippen molar-refractivity contribution >= 4 is 17.5 Å². The van der Waals surface area contributed by atoms with Crippen molar-refractivity contribution in [2.24, 2.45) is 5.92 Å². The summed E-state index contributed by atoms with van der Waals surface area (Å²) in [7, 11) is 3.11. The fraction of sp³-hybridized carbons (Fsp3) is 0.429. The molecule has 4 rings (SSSR count). The Morgan fingerprint density at radius 1 is 1.07 bits per heavy atom. The number of rotatable bonds is 6. The Balaban J connectivity index is 1.35. The molecule has 2 aliphatic rings. The molecule has 2 aromatic rings. The minimum atomic E-state index is -0.358. The van der Waals surface area contributed by atoms with E-state index in [0.29, 0.717) is 43.6 Å². The van der Waals surface area contributed by atoms with Gasteiger partial charge < -0.3 is 24.0 Å².